The summed E-state index contributed by atoms with van der Waals surface area (Å²) in [5.41, 5.74) is 0.451. The molecule has 0 bridgehead atoms. The second kappa shape index (κ2) is 12.2. The van der Waals surface area contributed by atoms with Crippen molar-refractivity contribution < 1.29 is 32.3 Å². The van der Waals surface area contributed by atoms with Crippen molar-refractivity contribution in [2.24, 2.45) is 5.16 Å². The van der Waals surface area contributed by atoms with E-state index in [4.69, 9.17) is 14.3 Å². The Balaban J connectivity index is 1.26. The number of hydrogen-bond donors (Lipinski definition) is 1. The third-order valence-corrected chi connectivity index (χ3v) is 10.3. The van der Waals surface area contributed by atoms with Gasteiger partial charge in [-0.3, -0.25) is 15.0 Å². The molecule has 2 saturated heterocycles. The van der Waals surface area contributed by atoms with Gasteiger partial charge in [0.2, 0.25) is 0 Å². The molecule has 2 aromatic rings. The second-order valence-corrected chi connectivity index (χ2v) is 13.5. The van der Waals surface area contributed by atoms with Crippen molar-refractivity contribution in [3.8, 4) is 0 Å². The lowest BCUT2D eigenvalue weighted by Gasteiger charge is -2.38. The van der Waals surface area contributed by atoms with Gasteiger partial charge in [0.15, 0.2) is 26.8 Å². The molecule has 14 heteroatoms. The van der Waals surface area contributed by atoms with Gasteiger partial charge in [-0.25, -0.2) is 18.2 Å². The number of aromatic nitrogens is 1. The summed E-state index contributed by atoms with van der Waals surface area (Å²) in [5, 5.41) is 7.05. The van der Waals surface area contributed by atoms with Gasteiger partial charge >= 0.3 is 6.09 Å². The van der Waals surface area contributed by atoms with Crippen LogP contribution in [0.1, 0.15) is 36.6 Å². The highest BCUT2D eigenvalue weighted by Crippen LogP contribution is 2.33. The highest BCUT2D eigenvalue weighted by atomic mass is 32.2. The number of nitrogens with zero attached hydrogens (tertiary/aromatic N) is 4. The number of methoxy groups -OCH3 is 1. The number of amides is 2. The third kappa shape index (κ3) is 6.62. The van der Waals surface area contributed by atoms with Crippen molar-refractivity contribution in [3.63, 3.8) is 0 Å². The van der Waals surface area contributed by atoms with E-state index in [-0.39, 0.29) is 34.1 Å². The van der Waals surface area contributed by atoms with E-state index < -0.39 is 15.7 Å². The van der Waals surface area contributed by atoms with Crippen LogP contribution in [0.2, 0.25) is 0 Å². The second-order valence-electron chi connectivity index (χ2n) is 10.1. The fraction of sp³-hybridized carbons (Fsp3) is 0.538. The Hall–Kier alpha value is -3.07. The number of benzene rings is 1. The van der Waals surface area contributed by atoms with Crippen LogP contribution < -0.4 is 5.32 Å². The maximum absolute atomic E-state index is 13.3. The lowest BCUT2D eigenvalue weighted by atomic mass is 10.1. The number of nitrogens with one attached hydrogen (secondary N) is 1. The molecule has 1 aliphatic carbocycles. The van der Waals surface area contributed by atoms with Crippen molar-refractivity contribution in [2.75, 3.05) is 45.3 Å². The number of carbonyl (C=O) groups is 2. The molecule has 1 saturated carbocycles. The Morgan fingerprint density at radius 2 is 1.98 bits per heavy atom. The average Bonchev–Trinajstić information content (AvgIpc) is 3.53. The van der Waals surface area contributed by atoms with Gasteiger partial charge in [0.25, 0.3) is 5.91 Å². The molecule has 40 heavy (non-hydrogen) atoms. The first-order chi connectivity index (χ1) is 19.2. The molecule has 2 aliphatic heterocycles. The molecular formula is C26H33N5O7S2. The average molecular weight is 592 g/mol. The number of anilines is 1. The first-order valence-corrected chi connectivity index (χ1v) is 15.6. The normalized spacial score (nSPS) is 22.2. The van der Waals surface area contributed by atoms with E-state index in [2.05, 4.69) is 27.3 Å². The van der Waals surface area contributed by atoms with Crippen molar-refractivity contribution in [1.29, 1.82) is 0 Å². The maximum atomic E-state index is 13.3. The molecule has 12 nitrogen and oxygen atoms in total. The number of carbonyl (C=O) groups excluding carboxylic acids is 2. The zero-order valence-corrected chi connectivity index (χ0v) is 24.1. The first-order valence-electron chi connectivity index (χ1n) is 13.2. The minimum Gasteiger partial charge on any atom is -0.453 e. The zero-order chi connectivity index (χ0) is 28.3. The molecule has 3 aliphatic rings. The number of thiazole rings is 1. The maximum Gasteiger partial charge on any atom is 0.409 e. The zero-order valence-electron chi connectivity index (χ0n) is 22.4. The predicted molar refractivity (Wildman–Crippen MR) is 148 cm³/mol. The van der Waals surface area contributed by atoms with Crippen LogP contribution in [-0.4, -0.2) is 98.3 Å². The van der Waals surface area contributed by atoms with Gasteiger partial charge in [0.05, 0.1) is 30.5 Å². The molecule has 1 N–H and O–H groups in total. The van der Waals surface area contributed by atoms with Crippen LogP contribution in [0.4, 0.5) is 9.93 Å². The van der Waals surface area contributed by atoms with E-state index in [1.54, 1.807) is 23.2 Å². The minimum absolute atomic E-state index is 0.0200. The van der Waals surface area contributed by atoms with Gasteiger partial charge in [-0.05, 0) is 31.9 Å². The Labute approximate surface area is 237 Å². The van der Waals surface area contributed by atoms with E-state index >= 15 is 0 Å². The van der Waals surface area contributed by atoms with Gasteiger partial charge in [-0.2, -0.15) is 0 Å². The molecule has 3 fully saturated rings. The topological polar surface area (TPSA) is 140 Å². The molecule has 216 valence electrons. The quantitative estimate of drug-likeness (QED) is 0.344. The van der Waals surface area contributed by atoms with Crippen molar-refractivity contribution in [3.05, 3.63) is 40.9 Å². The van der Waals surface area contributed by atoms with E-state index in [1.807, 2.05) is 0 Å². The number of piperazine rings is 1. The lowest BCUT2D eigenvalue weighted by Crippen LogP contribution is -2.53. The van der Waals surface area contributed by atoms with Gasteiger partial charge < -0.3 is 19.2 Å². The molecule has 1 aromatic heterocycles. The summed E-state index contributed by atoms with van der Waals surface area (Å²) in [5.74, 6) is -0.516. The van der Waals surface area contributed by atoms with Crippen LogP contribution >= 0.6 is 11.3 Å². The monoisotopic (exact) mass is 591 g/mol. The Morgan fingerprint density at radius 1 is 1.20 bits per heavy atom. The molecule has 3 heterocycles. The highest BCUT2D eigenvalue weighted by molar-refractivity contribution is 7.92. The van der Waals surface area contributed by atoms with E-state index in [1.165, 1.54) is 30.6 Å². The number of ether oxygens (including phenoxy) is 2. The lowest BCUT2D eigenvalue weighted by molar-refractivity contribution is -0.110. The van der Waals surface area contributed by atoms with E-state index in [0.717, 1.165) is 4.88 Å². The van der Waals surface area contributed by atoms with Gasteiger partial charge in [-0.15, -0.1) is 11.3 Å². The number of hydrogen-bond acceptors (Lipinski definition) is 11. The first kappa shape index (κ1) is 28.5. The molecule has 0 radical (unpaired) electrons. The largest absolute Gasteiger partial charge is 0.453 e. The molecular weight excluding hydrogens is 558 g/mol. The Morgan fingerprint density at radius 3 is 2.62 bits per heavy atom. The number of oxime groups is 1. The molecule has 2 atom stereocenters. The van der Waals surface area contributed by atoms with Crippen molar-refractivity contribution in [1.82, 2.24) is 14.8 Å². The standard InChI is InChI=1S/C26H33N5O7S2/c1-17-14-31(26(33)36-2)11-10-30(17)15-20-13-27-25(39-20)28-24(32)23(29-38-19-9-12-37-16-19)18-3-5-21(6-4-18)40(34,35)22-7-8-22/h3-6,13,17,19,22H,7-12,14-16H2,1-2H3,(H,27,28,32)/b29-23+/t17-,19-/m1/s1. The van der Waals surface area contributed by atoms with Crippen LogP contribution in [0.25, 0.3) is 0 Å². The molecule has 5 rings (SSSR count). The van der Waals surface area contributed by atoms with Gasteiger partial charge in [0, 0.05) is 55.3 Å². The molecule has 0 spiro atoms. The number of rotatable bonds is 9. The van der Waals surface area contributed by atoms with E-state index in [0.29, 0.717) is 69.4 Å². The van der Waals surface area contributed by atoms with Crippen LogP contribution in [-0.2, 0) is 35.5 Å². The van der Waals surface area contributed by atoms with Crippen LogP contribution in [0.3, 0.4) is 0 Å². The van der Waals surface area contributed by atoms with Crippen LogP contribution in [0, 0.1) is 0 Å². The summed E-state index contributed by atoms with van der Waals surface area (Å²) in [6.07, 6.45) is 3.16. The van der Waals surface area contributed by atoms with Gasteiger partial charge in [0.1, 0.15) is 0 Å². The Bertz CT molecular complexity index is 1350. The SMILES string of the molecule is COC(=O)N1CCN(Cc2cnc(NC(=O)/C(=N/O[C@@H]3CCOC3)c3ccc(S(=O)(=O)C4CC4)cc3)s2)[C@H](C)C1. The molecule has 0 unspecified atom stereocenters. The summed E-state index contributed by atoms with van der Waals surface area (Å²) in [4.78, 5) is 40.3. The van der Waals surface area contributed by atoms with Crippen LogP contribution in [0.5, 0.6) is 0 Å². The third-order valence-electron chi connectivity index (χ3n) is 7.15. The van der Waals surface area contributed by atoms with E-state index in [9.17, 15) is 18.0 Å². The summed E-state index contributed by atoms with van der Waals surface area (Å²) in [7, 11) is -1.97. The minimum atomic E-state index is -3.35. The summed E-state index contributed by atoms with van der Waals surface area (Å²) < 4.78 is 35.3. The smallest absolute Gasteiger partial charge is 0.409 e. The molecule has 1 aromatic carbocycles. The fourth-order valence-corrected chi connectivity index (χ4v) is 7.13. The number of sulfone groups is 1. The Kier molecular flexibility index (Phi) is 8.68. The summed E-state index contributed by atoms with van der Waals surface area (Å²) in [6, 6.07) is 6.30. The van der Waals surface area contributed by atoms with Crippen molar-refractivity contribution >= 4 is 44.0 Å². The van der Waals surface area contributed by atoms with Crippen LogP contribution in [0.15, 0.2) is 40.5 Å². The van der Waals surface area contributed by atoms with Gasteiger partial charge in [-0.1, -0.05) is 17.3 Å². The van der Waals surface area contributed by atoms with Crippen molar-refractivity contribution in [2.45, 2.75) is 55.0 Å². The summed E-state index contributed by atoms with van der Waals surface area (Å²) >= 11 is 1.36. The molecule has 2 amide bonds. The predicted octanol–water partition coefficient (Wildman–Crippen LogP) is 2.50. The fourth-order valence-electron chi connectivity index (χ4n) is 4.64. The summed E-state index contributed by atoms with van der Waals surface area (Å²) in [6.45, 7) is 5.48. The highest BCUT2D eigenvalue weighted by Gasteiger charge is 2.37.